The fourth-order valence-electron chi connectivity index (χ4n) is 5.09. The number of aromatic nitrogens is 1. The molecule has 1 aromatic rings. The van der Waals surface area contributed by atoms with E-state index in [1.807, 2.05) is 25.7 Å². The van der Waals surface area contributed by atoms with E-state index in [0.29, 0.717) is 25.0 Å². The lowest BCUT2D eigenvalue weighted by Gasteiger charge is -2.28. The molecule has 2 aliphatic heterocycles. The SMILES string of the molecule is COCCN1C(=O)[C@@]2(CC[C@H]3CN(Cc4c(C)noc4C)C[C@H]32)N=C1C. The van der Waals surface area contributed by atoms with Crippen molar-refractivity contribution in [2.75, 3.05) is 33.4 Å². The molecular formula is C19H28N4O3. The fraction of sp³-hybridized carbons (Fsp3) is 0.737. The van der Waals surface area contributed by atoms with Crippen molar-refractivity contribution in [1.29, 1.82) is 0 Å². The van der Waals surface area contributed by atoms with E-state index in [2.05, 4.69) is 10.1 Å². The highest BCUT2D eigenvalue weighted by Crippen LogP contribution is 2.50. The van der Waals surface area contributed by atoms with Crippen LogP contribution in [-0.2, 0) is 16.1 Å². The highest BCUT2D eigenvalue weighted by atomic mass is 16.5. The second kappa shape index (κ2) is 6.46. The Morgan fingerprint density at radius 3 is 2.81 bits per heavy atom. The minimum atomic E-state index is -0.546. The number of fused-ring (bicyclic) bond motifs is 2. The summed E-state index contributed by atoms with van der Waals surface area (Å²) in [4.78, 5) is 22.4. The normalized spacial score (nSPS) is 31.3. The van der Waals surface area contributed by atoms with Crippen molar-refractivity contribution >= 4 is 11.7 Å². The molecule has 3 aliphatic rings. The van der Waals surface area contributed by atoms with Crippen LogP contribution in [0.25, 0.3) is 0 Å². The van der Waals surface area contributed by atoms with Crippen LogP contribution in [-0.4, -0.2) is 65.6 Å². The summed E-state index contributed by atoms with van der Waals surface area (Å²) >= 11 is 0. The van der Waals surface area contributed by atoms with Crippen molar-refractivity contribution in [3.05, 3.63) is 17.0 Å². The van der Waals surface area contributed by atoms with Crippen LogP contribution in [0, 0.1) is 25.7 Å². The Hall–Kier alpha value is -1.73. The third-order valence-corrected chi connectivity index (χ3v) is 6.48. The van der Waals surface area contributed by atoms with E-state index in [1.54, 1.807) is 7.11 Å². The molecule has 0 radical (unpaired) electrons. The zero-order chi connectivity index (χ0) is 18.5. The second-order valence-electron chi connectivity index (χ2n) is 7.93. The monoisotopic (exact) mass is 360 g/mol. The van der Waals surface area contributed by atoms with Gasteiger partial charge in [0.25, 0.3) is 5.91 Å². The van der Waals surface area contributed by atoms with E-state index < -0.39 is 5.54 Å². The molecule has 3 heterocycles. The van der Waals surface area contributed by atoms with Gasteiger partial charge < -0.3 is 9.26 Å². The van der Waals surface area contributed by atoms with Crippen LogP contribution in [0.3, 0.4) is 0 Å². The summed E-state index contributed by atoms with van der Waals surface area (Å²) in [5.41, 5.74) is 1.60. The number of aryl methyl sites for hydroxylation is 2. The van der Waals surface area contributed by atoms with Crippen molar-refractivity contribution in [2.45, 2.75) is 45.7 Å². The molecule has 1 spiro atoms. The summed E-state index contributed by atoms with van der Waals surface area (Å²) in [7, 11) is 1.66. The molecule has 1 saturated carbocycles. The third-order valence-electron chi connectivity index (χ3n) is 6.48. The first kappa shape index (κ1) is 17.7. The summed E-state index contributed by atoms with van der Waals surface area (Å²) < 4.78 is 10.5. The summed E-state index contributed by atoms with van der Waals surface area (Å²) in [5, 5.41) is 4.07. The van der Waals surface area contributed by atoms with Gasteiger partial charge in [-0.2, -0.15) is 0 Å². The fourth-order valence-corrected chi connectivity index (χ4v) is 5.09. The Bertz CT molecular complexity index is 724. The lowest BCUT2D eigenvalue weighted by molar-refractivity contribution is -0.132. The van der Waals surface area contributed by atoms with Gasteiger partial charge in [0.2, 0.25) is 0 Å². The Morgan fingerprint density at radius 1 is 1.31 bits per heavy atom. The van der Waals surface area contributed by atoms with Gasteiger partial charge in [0.05, 0.1) is 18.8 Å². The minimum Gasteiger partial charge on any atom is -0.383 e. The van der Waals surface area contributed by atoms with Crippen LogP contribution in [0.2, 0.25) is 0 Å². The quantitative estimate of drug-likeness (QED) is 0.800. The summed E-state index contributed by atoms with van der Waals surface area (Å²) in [6.07, 6.45) is 1.95. The first-order chi connectivity index (χ1) is 12.5. The van der Waals surface area contributed by atoms with E-state index in [9.17, 15) is 4.79 Å². The first-order valence-corrected chi connectivity index (χ1v) is 9.47. The van der Waals surface area contributed by atoms with Gasteiger partial charge in [0, 0.05) is 38.2 Å². The number of aliphatic imine (C=N–C) groups is 1. The van der Waals surface area contributed by atoms with Crippen LogP contribution in [0.5, 0.6) is 0 Å². The van der Waals surface area contributed by atoms with Gasteiger partial charge in [-0.3, -0.25) is 19.6 Å². The Morgan fingerprint density at radius 2 is 2.12 bits per heavy atom. The predicted molar refractivity (Wildman–Crippen MR) is 96.9 cm³/mol. The number of hydrogen-bond acceptors (Lipinski definition) is 6. The average molecular weight is 360 g/mol. The van der Waals surface area contributed by atoms with Crippen molar-refractivity contribution < 1.29 is 14.1 Å². The Kier molecular flexibility index (Phi) is 4.39. The van der Waals surface area contributed by atoms with Crippen LogP contribution in [0.15, 0.2) is 9.52 Å². The summed E-state index contributed by atoms with van der Waals surface area (Å²) in [6.45, 7) is 9.82. The van der Waals surface area contributed by atoms with E-state index in [4.69, 9.17) is 14.3 Å². The molecule has 1 amide bonds. The van der Waals surface area contributed by atoms with Gasteiger partial charge in [-0.1, -0.05) is 5.16 Å². The molecule has 1 aliphatic carbocycles. The topological polar surface area (TPSA) is 71.2 Å². The smallest absolute Gasteiger partial charge is 0.256 e. The molecule has 1 aromatic heterocycles. The largest absolute Gasteiger partial charge is 0.383 e. The van der Waals surface area contributed by atoms with Gasteiger partial charge in [-0.05, 0) is 39.5 Å². The number of nitrogens with zero attached hydrogens (tertiary/aromatic N) is 4. The van der Waals surface area contributed by atoms with E-state index >= 15 is 0 Å². The third kappa shape index (κ3) is 2.60. The molecular weight excluding hydrogens is 332 g/mol. The van der Waals surface area contributed by atoms with Gasteiger partial charge in [0.15, 0.2) is 0 Å². The van der Waals surface area contributed by atoms with E-state index in [1.165, 1.54) is 5.56 Å². The number of ether oxygens (including phenoxy) is 1. The van der Waals surface area contributed by atoms with Crippen molar-refractivity contribution in [3.8, 4) is 0 Å². The van der Waals surface area contributed by atoms with Gasteiger partial charge in [-0.15, -0.1) is 0 Å². The van der Waals surface area contributed by atoms with Crippen molar-refractivity contribution in [1.82, 2.24) is 15.0 Å². The average Bonchev–Trinajstić information content (AvgIpc) is 3.31. The van der Waals surface area contributed by atoms with Crippen LogP contribution < -0.4 is 0 Å². The maximum atomic E-state index is 13.2. The maximum Gasteiger partial charge on any atom is 0.256 e. The highest BCUT2D eigenvalue weighted by Gasteiger charge is 2.60. The predicted octanol–water partition coefficient (Wildman–Crippen LogP) is 1.78. The van der Waals surface area contributed by atoms with E-state index in [-0.39, 0.29) is 5.91 Å². The number of hydrogen-bond donors (Lipinski definition) is 0. The summed E-state index contributed by atoms with van der Waals surface area (Å²) in [6, 6.07) is 0. The first-order valence-electron chi connectivity index (χ1n) is 9.47. The Balaban J connectivity index is 1.51. The molecule has 1 saturated heterocycles. The number of rotatable bonds is 5. The molecule has 7 nitrogen and oxygen atoms in total. The molecule has 4 rings (SSSR count). The van der Waals surface area contributed by atoms with Gasteiger partial charge in [-0.25, -0.2) is 0 Å². The maximum absolute atomic E-state index is 13.2. The van der Waals surface area contributed by atoms with Gasteiger partial charge in [0.1, 0.15) is 17.1 Å². The molecule has 0 bridgehead atoms. The lowest BCUT2D eigenvalue weighted by atomic mass is 9.85. The number of likely N-dealkylation sites (tertiary alicyclic amines) is 1. The number of carbonyl (C=O) groups excluding carboxylic acids is 1. The molecule has 0 unspecified atom stereocenters. The molecule has 0 N–H and O–H groups in total. The van der Waals surface area contributed by atoms with E-state index in [0.717, 1.165) is 49.8 Å². The van der Waals surface area contributed by atoms with Crippen LogP contribution >= 0.6 is 0 Å². The molecule has 26 heavy (non-hydrogen) atoms. The molecule has 3 atom stereocenters. The molecule has 142 valence electrons. The molecule has 2 fully saturated rings. The number of carbonyl (C=O) groups is 1. The minimum absolute atomic E-state index is 0.179. The van der Waals surface area contributed by atoms with Crippen LogP contribution in [0.1, 0.15) is 36.8 Å². The number of amides is 1. The summed E-state index contributed by atoms with van der Waals surface area (Å²) in [5.74, 6) is 2.76. The second-order valence-corrected chi connectivity index (χ2v) is 7.93. The number of methoxy groups -OCH3 is 1. The zero-order valence-electron chi connectivity index (χ0n) is 16.1. The zero-order valence-corrected chi connectivity index (χ0v) is 16.1. The molecule has 7 heteroatoms. The Labute approximate surface area is 154 Å². The van der Waals surface area contributed by atoms with Gasteiger partial charge >= 0.3 is 0 Å². The van der Waals surface area contributed by atoms with Crippen molar-refractivity contribution in [3.63, 3.8) is 0 Å². The highest BCUT2D eigenvalue weighted by molar-refractivity contribution is 6.07. The molecule has 0 aromatic carbocycles. The number of amidine groups is 1. The lowest BCUT2D eigenvalue weighted by Crippen LogP contribution is -2.47. The standard InChI is InChI=1S/C19H28N4O3/c1-12-16(13(2)26-21-12)10-22-9-15-5-6-19(17(15)11-22)18(24)23(7-8-25-4)14(3)20-19/h15,17H,5-11H2,1-4H3/t15-,17+,19-/m0/s1. The van der Waals surface area contributed by atoms with Crippen LogP contribution in [0.4, 0.5) is 0 Å². The van der Waals surface area contributed by atoms with Crippen molar-refractivity contribution in [2.24, 2.45) is 16.8 Å².